The minimum absolute atomic E-state index is 0.251. The Morgan fingerprint density at radius 3 is 2.94 bits per heavy atom. The van der Waals surface area contributed by atoms with E-state index in [0.717, 1.165) is 9.21 Å². The van der Waals surface area contributed by atoms with E-state index in [1.165, 1.54) is 11.3 Å². The van der Waals surface area contributed by atoms with Crippen molar-refractivity contribution >= 4 is 29.0 Å². The van der Waals surface area contributed by atoms with Gasteiger partial charge in [-0.1, -0.05) is 16.7 Å². The maximum Gasteiger partial charge on any atom is 0.315 e. The number of hydrogen-bond donors (Lipinski definition) is 2. The van der Waals surface area contributed by atoms with Gasteiger partial charge in [-0.2, -0.15) is 0 Å². The van der Waals surface area contributed by atoms with E-state index in [4.69, 9.17) is 21.8 Å². The SMILES string of the molecule is CC(N)c1nnc(NCc2ccc(Cl)s2)o1. The Labute approximate surface area is 102 Å². The van der Waals surface area contributed by atoms with Crippen LogP contribution < -0.4 is 11.1 Å². The van der Waals surface area contributed by atoms with Gasteiger partial charge in [0.05, 0.1) is 16.9 Å². The molecule has 0 amide bonds. The minimum atomic E-state index is -0.251. The van der Waals surface area contributed by atoms with E-state index in [1.807, 2.05) is 12.1 Å². The summed E-state index contributed by atoms with van der Waals surface area (Å²) < 4.78 is 6.05. The zero-order chi connectivity index (χ0) is 11.5. The molecular weight excluding hydrogens is 248 g/mol. The average Bonchev–Trinajstić information content (AvgIpc) is 2.83. The van der Waals surface area contributed by atoms with E-state index in [9.17, 15) is 0 Å². The molecule has 0 spiro atoms. The first-order valence-corrected chi connectivity index (χ1v) is 5.91. The zero-order valence-electron chi connectivity index (χ0n) is 8.61. The third-order valence-corrected chi connectivity index (χ3v) is 3.10. The lowest BCUT2D eigenvalue weighted by Gasteiger charge is -1.98. The summed E-state index contributed by atoms with van der Waals surface area (Å²) in [6.45, 7) is 2.40. The molecule has 1 unspecified atom stereocenters. The van der Waals surface area contributed by atoms with Crippen LogP contribution in [0.1, 0.15) is 23.7 Å². The van der Waals surface area contributed by atoms with Crippen LogP contribution in [0.15, 0.2) is 16.5 Å². The molecule has 1 atom stereocenters. The molecule has 0 saturated heterocycles. The Balaban J connectivity index is 1.94. The summed E-state index contributed by atoms with van der Waals surface area (Å²) in [5, 5.41) is 10.6. The van der Waals surface area contributed by atoms with Crippen LogP contribution in [-0.4, -0.2) is 10.2 Å². The number of thiophene rings is 1. The Morgan fingerprint density at radius 2 is 2.38 bits per heavy atom. The fraction of sp³-hybridized carbons (Fsp3) is 0.333. The third kappa shape index (κ3) is 2.72. The zero-order valence-corrected chi connectivity index (χ0v) is 10.2. The molecule has 86 valence electrons. The van der Waals surface area contributed by atoms with E-state index >= 15 is 0 Å². The fourth-order valence-electron chi connectivity index (χ4n) is 1.10. The van der Waals surface area contributed by atoms with Gasteiger partial charge >= 0.3 is 6.01 Å². The average molecular weight is 259 g/mol. The summed E-state index contributed by atoms with van der Waals surface area (Å²) in [4.78, 5) is 1.10. The van der Waals surface area contributed by atoms with E-state index in [2.05, 4.69) is 15.5 Å². The molecule has 0 saturated carbocycles. The summed E-state index contributed by atoms with van der Waals surface area (Å²) in [5.41, 5.74) is 5.60. The van der Waals surface area contributed by atoms with Gasteiger partial charge in [0.2, 0.25) is 5.89 Å². The number of rotatable bonds is 4. The van der Waals surface area contributed by atoms with Crippen LogP contribution in [0.3, 0.4) is 0 Å². The minimum Gasteiger partial charge on any atom is -0.406 e. The Kier molecular flexibility index (Phi) is 3.42. The van der Waals surface area contributed by atoms with E-state index in [0.29, 0.717) is 18.5 Å². The standard InChI is InChI=1S/C9H11ClN4OS/c1-5(11)8-13-14-9(15-8)12-4-6-2-3-7(10)16-6/h2-3,5H,4,11H2,1H3,(H,12,14). The number of anilines is 1. The maximum atomic E-state index is 5.81. The predicted octanol–water partition coefficient (Wildman–Crippen LogP) is 2.42. The smallest absolute Gasteiger partial charge is 0.315 e. The van der Waals surface area contributed by atoms with Crippen molar-refractivity contribution in [2.75, 3.05) is 5.32 Å². The lowest BCUT2D eigenvalue weighted by atomic mass is 10.4. The highest BCUT2D eigenvalue weighted by atomic mass is 35.5. The van der Waals surface area contributed by atoms with Crippen LogP contribution in [0.2, 0.25) is 4.34 Å². The molecule has 7 heteroatoms. The molecule has 2 aromatic heterocycles. The van der Waals surface area contributed by atoms with Crippen molar-refractivity contribution in [3.63, 3.8) is 0 Å². The van der Waals surface area contributed by atoms with Gasteiger partial charge in [0.25, 0.3) is 0 Å². The number of nitrogens with two attached hydrogens (primary N) is 1. The highest BCUT2D eigenvalue weighted by Crippen LogP contribution is 2.22. The van der Waals surface area contributed by atoms with Crippen molar-refractivity contribution < 1.29 is 4.42 Å². The van der Waals surface area contributed by atoms with Crippen molar-refractivity contribution in [2.24, 2.45) is 5.73 Å². The number of halogens is 1. The fourth-order valence-corrected chi connectivity index (χ4v) is 2.13. The summed E-state index contributed by atoms with van der Waals surface area (Å²) >= 11 is 7.32. The normalized spacial score (nSPS) is 12.7. The second kappa shape index (κ2) is 4.82. The molecule has 2 heterocycles. The molecule has 3 N–H and O–H groups in total. The summed E-state index contributed by atoms with van der Waals surface area (Å²) in [6, 6.07) is 3.92. The van der Waals surface area contributed by atoms with Crippen LogP contribution in [0, 0.1) is 0 Å². The van der Waals surface area contributed by atoms with Gasteiger partial charge in [0.1, 0.15) is 0 Å². The lowest BCUT2D eigenvalue weighted by Crippen LogP contribution is -2.04. The molecule has 2 rings (SSSR count). The Bertz CT molecular complexity index is 468. The lowest BCUT2D eigenvalue weighted by molar-refractivity contribution is 0.473. The van der Waals surface area contributed by atoms with Gasteiger partial charge in [-0.05, 0) is 19.1 Å². The monoisotopic (exact) mass is 258 g/mol. The molecule has 0 aliphatic heterocycles. The molecule has 16 heavy (non-hydrogen) atoms. The topological polar surface area (TPSA) is 77.0 Å². The predicted molar refractivity (Wildman–Crippen MR) is 63.6 cm³/mol. The first-order chi connectivity index (χ1) is 7.65. The number of aromatic nitrogens is 2. The quantitative estimate of drug-likeness (QED) is 0.881. The number of hydrogen-bond acceptors (Lipinski definition) is 6. The van der Waals surface area contributed by atoms with Crippen LogP contribution in [0.25, 0.3) is 0 Å². The summed E-state index contributed by atoms with van der Waals surface area (Å²) in [6.07, 6.45) is 0. The molecule has 0 aromatic carbocycles. The van der Waals surface area contributed by atoms with Crippen LogP contribution >= 0.6 is 22.9 Å². The molecule has 5 nitrogen and oxygen atoms in total. The van der Waals surface area contributed by atoms with Gasteiger partial charge in [0, 0.05) is 4.88 Å². The maximum absolute atomic E-state index is 5.81. The van der Waals surface area contributed by atoms with Gasteiger partial charge < -0.3 is 15.5 Å². The highest BCUT2D eigenvalue weighted by Gasteiger charge is 2.09. The van der Waals surface area contributed by atoms with Crippen molar-refractivity contribution in [1.29, 1.82) is 0 Å². The highest BCUT2D eigenvalue weighted by molar-refractivity contribution is 7.16. The van der Waals surface area contributed by atoms with Crippen molar-refractivity contribution in [3.8, 4) is 0 Å². The van der Waals surface area contributed by atoms with Crippen molar-refractivity contribution in [1.82, 2.24) is 10.2 Å². The van der Waals surface area contributed by atoms with Crippen molar-refractivity contribution in [2.45, 2.75) is 19.5 Å². The molecule has 0 aliphatic carbocycles. The van der Waals surface area contributed by atoms with E-state index in [1.54, 1.807) is 6.92 Å². The van der Waals surface area contributed by atoms with Gasteiger partial charge in [-0.3, -0.25) is 0 Å². The number of nitrogens with one attached hydrogen (secondary N) is 1. The van der Waals surface area contributed by atoms with Crippen molar-refractivity contribution in [3.05, 3.63) is 27.2 Å². The summed E-state index contributed by atoms with van der Waals surface area (Å²) in [7, 11) is 0. The van der Waals surface area contributed by atoms with Gasteiger partial charge in [-0.25, -0.2) is 0 Å². The van der Waals surface area contributed by atoms with E-state index < -0.39 is 0 Å². The van der Waals surface area contributed by atoms with Crippen LogP contribution in [-0.2, 0) is 6.54 Å². The Hall–Kier alpha value is -1.11. The van der Waals surface area contributed by atoms with Crippen LogP contribution in [0.5, 0.6) is 0 Å². The van der Waals surface area contributed by atoms with Crippen LogP contribution in [0.4, 0.5) is 6.01 Å². The number of nitrogens with zero attached hydrogens (tertiary/aromatic N) is 2. The molecule has 0 aliphatic rings. The summed E-state index contributed by atoms with van der Waals surface area (Å²) in [5.74, 6) is 0.423. The van der Waals surface area contributed by atoms with E-state index in [-0.39, 0.29) is 6.04 Å². The first-order valence-electron chi connectivity index (χ1n) is 4.72. The molecule has 2 aromatic rings. The first kappa shape index (κ1) is 11.4. The van der Waals surface area contributed by atoms with Gasteiger partial charge in [-0.15, -0.1) is 16.4 Å². The second-order valence-electron chi connectivity index (χ2n) is 3.29. The molecular formula is C9H11ClN4OS. The Morgan fingerprint density at radius 1 is 1.56 bits per heavy atom. The van der Waals surface area contributed by atoms with Gasteiger partial charge in [0.15, 0.2) is 0 Å². The molecule has 0 fully saturated rings. The molecule has 0 bridgehead atoms. The second-order valence-corrected chi connectivity index (χ2v) is 5.09. The molecule has 0 radical (unpaired) electrons. The largest absolute Gasteiger partial charge is 0.406 e. The third-order valence-electron chi connectivity index (χ3n) is 1.87.